The molecule has 5 nitrogen and oxygen atoms in total. The third-order valence-corrected chi connectivity index (χ3v) is 3.54. The van der Waals surface area contributed by atoms with E-state index >= 15 is 0 Å². The summed E-state index contributed by atoms with van der Waals surface area (Å²) in [5.74, 6) is 0.189. The van der Waals surface area contributed by atoms with E-state index in [1.54, 1.807) is 6.26 Å². The molecule has 1 aromatic carbocycles. The van der Waals surface area contributed by atoms with E-state index in [2.05, 4.69) is 28.8 Å². The third kappa shape index (κ3) is 4.05. The second-order valence-corrected chi connectivity index (χ2v) is 5.76. The standard InChI is InChI=1S/C14H17O5P/c1-11(10-18-8-9-19-20(15,16)17)13-7-6-12-4-2-3-5-14(12)13/h2-7,10,13H,8-9H2,1H3,(H2,15,16,17). The van der Waals surface area contributed by atoms with E-state index in [0.717, 1.165) is 5.57 Å². The molecule has 2 rings (SSSR count). The van der Waals surface area contributed by atoms with Crippen LogP contribution < -0.4 is 0 Å². The Hall–Kier alpha value is -1.39. The zero-order valence-corrected chi connectivity index (χ0v) is 12.0. The lowest BCUT2D eigenvalue weighted by molar-refractivity contribution is 0.139. The Bertz CT molecular complexity index is 573. The van der Waals surface area contributed by atoms with Gasteiger partial charge in [0.1, 0.15) is 6.61 Å². The predicted molar refractivity (Wildman–Crippen MR) is 75.9 cm³/mol. The molecule has 20 heavy (non-hydrogen) atoms. The average molecular weight is 296 g/mol. The fraction of sp³-hybridized carbons (Fsp3) is 0.286. The SMILES string of the molecule is CC(=COCCOP(=O)(O)O)C1C=Cc2ccccc21. The summed E-state index contributed by atoms with van der Waals surface area (Å²) in [6.45, 7) is 1.91. The second kappa shape index (κ2) is 6.37. The molecular weight excluding hydrogens is 279 g/mol. The Kier molecular flexibility index (Phi) is 4.78. The molecule has 1 unspecified atom stereocenters. The average Bonchev–Trinajstić information content (AvgIpc) is 2.80. The quantitative estimate of drug-likeness (QED) is 0.479. The van der Waals surface area contributed by atoms with Gasteiger partial charge in [0, 0.05) is 5.92 Å². The van der Waals surface area contributed by atoms with Crippen molar-refractivity contribution in [2.75, 3.05) is 13.2 Å². The van der Waals surface area contributed by atoms with Gasteiger partial charge >= 0.3 is 7.82 Å². The molecule has 1 aromatic rings. The summed E-state index contributed by atoms with van der Waals surface area (Å²) >= 11 is 0. The minimum absolute atomic E-state index is 0.0977. The van der Waals surface area contributed by atoms with E-state index < -0.39 is 7.82 Å². The van der Waals surface area contributed by atoms with Gasteiger partial charge in [-0.25, -0.2) is 4.57 Å². The van der Waals surface area contributed by atoms with E-state index in [1.165, 1.54) is 11.1 Å². The van der Waals surface area contributed by atoms with E-state index in [4.69, 9.17) is 14.5 Å². The van der Waals surface area contributed by atoms with E-state index in [9.17, 15) is 4.57 Å². The molecular formula is C14H17O5P. The van der Waals surface area contributed by atoms with Gasteiger partial charge < -0.3 is 14.5 Å². The molecule has 1 aliphatic carbocycles. The van der Waals surface area contributed by atoms with Gasteiger partial charge in [-0.15, -0.1) is 0 Å². The molecule has 0 radical (unpaired) electrons. The highest BCUT2D eigenvalue weighted by Crippen LogP contribution is 2.36. The Balaban J connectivity index is 1.86. The summed E-state index contributed by atoms with van der Waals surface area (Å²) in [6, 6.07) is 8.14. The predicted octanol–water partition coefficient (Wildman–Crippen LogP) is 2.83. The van der Waals surface area contributed by atoms with Crippen LogP contribution in [-0.2, 0) is 13.8 Å². The molecule has 0 aliphatic heterocycles. The largest absolute Gasteiger partial charge is 0.499 e. The van der Waals surface area contributed by atoms with Crippen molar-refractivity contribution in [2.45, 2.75) is 12.8 Å². The Labute approximate surface area is 117 Å². The zero-order valence-electron chi connectivity index (χ0n) is 11.1. The highest BCUT2D eigenvalue weighted by Gasteiger charge is 2.18. The first kappa shape index (κ1) is 15.0. The smallest absolute Gasteiger partial charge is 0.469 e. The van der Waals surface area contributed by atoms with Crippen LogP contribution >= 0.6 is 7.82 Å². The topological polar surface area (TPSA) is 76.0 Å². The normalized spacial score (nSPS) is 18.1. The molecule has 0 aromatic heterocycles. The summed E-state index contributed by atoms with van der Waals surface area (Å²) in [5, 5.41) is 0. The molecule has 0 amide bonds. The first-order valence-corrected chi connectivity index (χ1v) is 7.76. The van der Waals surface area contributed by atoms with Crippen LogP contribution in [-0.4, -0.2) is 23.0 Å². The number of benzene rings is 1. The molecule has 2 N–H and O–H groups in total. The van der Waals surface area contributed by atoms with Gasteiger partial charge in [0.2, 0.25) is 0 Å². The van der Waals surface area contributed by atoms with Crippen molar-refractivity contribution >= 4 is 13.9 Å². The van der Waals surface area contributed by atoms with E-state index in [1.807, 2.05) is 19.1 Å². The summed E-state index contributed by atoms with van der Waals surface area (Å²) in [6.07, 6.45) is 5.79. The van der Waals surface area contributed by atoms with Gasteiger partial charge in [-0.1, -0.05) is 36.4 Å². The van der Waals surface area contributed by atoms with Crippen molar-refractivity contribution < 1.29 is 23.6 Å². The molecule has 1 aliphatic rings. The van der Waals surface area contributed by atoms with E-state index in [-0.39, 0.29) is 19.1 Å². The molecule has 1 atom stereocenters. The van der Waals surface area contributed by atoms with E-state index in [0.29, 0.717) is 0 Å². The highest BCUT2D eigenvalue weighted by molar-refractivity contribution is 7.46. The van der Waals surface area contributed by atoms with Crippen LogP contribution in [0.2, 0.25) is 0 Å². The van der Waals surface area contributed by atoms with Gasteiger partial charge in [0.25, 0.3) is 0 Å². The number of fused-ring (bicyclic) bond motifs is 1. The van der Waals surface area contributed by atoms with Crippen molar-refractivity contribution in [3.05, 3.63) is 53.3 Å². The van der Waals surface area contributed by atoms with Crippen molar-refractivity contribution in [3.63, 3.8) is 0 Å². The van der Waals surface area contributed by atoms with Crippen LogP contribution in [0.25, 0.3) is 6.08 Å². The highest BCUT2D eigenvalue weighted by atomic mass is 31.2. The number of hydrogen-bond acceptors (Lipinski definition) is 3. The number of rotatable bonds is 6. The summed E-state index contributed by atoms with van der Waals surface area (Å²) in [7, 11) is -4.41. The van der Waals surface area contributed by atoms with Crippen LogP contribution in [0.15, 0.2) is 42.2 Å². The van der Waals surface area contributed by atoms with Gasteiger partial charge in [-0.2, -0.15) is 0 Å². The number of phosphoric ester groups is 1. The zero-order chi connectivity index (χ0) is 14.6. The van der Waals surface area contributed by atoms with Gasteiger partial charge in [0.05, 0.1) is 12.9 Å². The summed E-state index contributed by atoms with van der Waals surface area (Å²) in [5.41, 5.74) is 3.47. The maximum Gasteiger partial charge on any atom is 0.469 e. The minimum atomic E-state index is -4.41. The molecule has 0 spiro atoms. The minimum Gasteiger partial charge on any atom is -0.499 e. The summed E-state index contributed by atoms with van der Waals surface area (Å²) < 4.78 is 20.0. The van der Waals surface area contributed by atoms with Crippen molar-refractivity contribution in [1.29, 1.82) is 0 Å². The maximum absolute atomic E-state index is 10.5. The lowest BCUT2D eigenvalue weighted by Crippen LogP contribution is -2.01. The maximum atomic E-state index is 10.5. The van der Waals surface area contributed by atoms with Crippen LogP contribution in [0, 0.1) is 0 Å². The molecule has 0 saturated heterocycles. The van der Waals surface area contributed by atoms with Crippen molar-refractivity contribution in [3.8, 4) is 0 Å². The third-order valence-electron chi connectivity index (χ3n) is 3.02. The number of hydrogen-bond donors (Lipinski definition) is 2. The number of ether oxygens (including phenoxy) is 1. The number of phosphoric acid groups is 1. The first-order valence-electron chi connectivity index (χ1n) is 6.23. The lowest BCUT2D eigenvalue weighted by atomic mass is 9.95. The summed E-state index contributed by atoms with van der Waals surface area (Å²) in [4.78, 5) is 17.0. The van der Waals surface area contributed by atoms with Crippen molar-refractivity contribution in [1.82, 2.24) is 0 Å². The lowest BCUT2D eigenvalue weighted by Gasteiger charge is -2.12. The van der Waals surface area contributed by atoms with Gasteiger partial charge in [-0.05, 0) is 23.6 Å². The number of allylic oxidation sites excluding steroid dienone is 2. The second-order valence-electron chi connectivity index (χ2n) is 4.52. The Morgan fingerprint density at radius 3 is 2.85 bits per heavy atom. The first-order chi connectivity index (χ1) is 9.47. The van der Waals surface area contributed by atoms with Crippen LogP contribution in [0.3, 0.4) is 0 Å². The molecule has 108 valence electrons. The van der Waals surface area contributed by atoms with Gasteiger partial charge in [-0.3, -0.25) is 4.52 Å². The molecule has 6 heteroatoms. The molecule has 0 bridgehead atoms. The van der Waals surface area contributed by atoms with Crippen LogP contribution in [0.4, 0.5) is 0 Å². The molecule has 0 heterocycles. The fourth-order valence-corrected chi connectivity index (χ4v) is 2.43. The van der Waals surface area contributed by atoms with Gasteiger partial charge in [0.15, 0.2) is 0 Å². The van der Waals surface area contributed by atoms with Crippen molar-refractivity contribution in [2.24, 2.45) is 0 Å². The molecule has 0 fully saturated rings. The Morgan fingerprint density at radius 1 is 1.35 bits per heavy atom. The Morgan fingerprint density at radius 2 is 2.10 bits per heavy atom. The van der Waals surface area contributed by atoms with Crippen LogP contribution in [0.5, 0.6) is 0 Å². The molecule has 0 saturated carbocycles. The monoisotopic (exact) mass is 296 g/mol. The fourth-order valence-electron chi connectivity index (χ4n) is 2.11. The van der Waals surface area contributed by atoms with Crippen LogP contribution in [0.1, 0.15) is 24.0 Å².